The maximum atomic E-state index is 8.34. The van der Waals surface area contributed by atoms with E-state index in [0.29, 0.717) is 6.42 Å². The summed E-state index contributed by atoms with van der Waals surface area (Å²) in [6.07, 6.45) is 5.66. The highest BCUT2D eigenvalue weighted by Gasteiger charge is 1.93. The van der Waals surface area contributed by atoms with Crippen LogP contribution in [0.25, 0.3) is 0 Å². The summed E-state index contributed by atoms with van der Waals surface area (Å²) >= 11 is 1.49. The van der Waals surface area contributed by atoms with Crippen molar-refractivity contribution in [1.82, 2.24) is 9.97 Å². The fraction of sp³-hybridized carbons (Fsp3) is 0.286. The molecule has 0 radical (unpaired) electrons. The number of hydrogen-bond donors (Lipinski definition) is 0. The van der Waals surface area contributed by atoms with E-state index >= 15 is 0 Å². The van der Waals surface area contributed by atoms with Gasteiger partial charge in [0, 0.05) is 18.0 Å². The molecule has 0 N–H and O–H groups in total. The largest absolute Gasteiger partial charge is 0.231 e. The first-order chi connectivity index (χ1) is 5.36. The van der Waals surface area contributed by atoms with Crippen LogP contribution < -0.4 is 0 Å². The molecule has 0 atom stereocenters. The van der Waals surface area contributed by atoms with Gasteiger partial charge in [-0.25, -0.2) is 9.97 Å². The highest BCUT2D eigenvalue weighted by atomic mass is 32.2. The normalized spacial score (nSPS) is 9.09. The highest BCUT2D eigenvalue weighted by Crippen LogP contribution is 2.06. The van der Waals surface area contributed by atoms with Crippen molar-refractivity contribution in [1.29, 1.82) is 5.26 Å². The van der Waals surface area contributed by atoms with E-state index in [2.05, 4.69) is 9.97 Å². The van der Waals surface area contributed by atoms with Crippen LogP contribution >= 0.6 is 11.8 Å². The summed E-state index contributed by atoms with van der Waals surface area (Å²) in [7, 11) is 0. The molecule has 0 fully saturated rings. The monoisotopic (exact) mass is 165 g/mol. The molecule has 11 heavy (non-hydrogen) atoms. The Morgan fingerprint density at radius 3 is 2.64 bits per heavy atom. The van der Waals surface area contributed by atoms with Gasteiger partial charge in [-0.15, -0.1) is 0 Å². The summed E-state index contributed by atoms with van der Waals surface area (Å²) < 4.78 is 0. The van der Waals surface area contributed by atoms with E-state index in [1.807, 2.05) is 12.3 Å². The average Bonchev–Trinajstić information content (AvgIpc) is 2.07. The second kappa shape index (κ2) is 3.94. The second-order valence-electron chi connectivity index (χ2n) is 1.91. The molecule has 1 aromatic rings. The molecule has 1 aromatic heterocycles. The molecule has 1 heterocycles. The molecule has 0 saturated heterocycles. The predicted molar refractivity (Wildman–Crippen MR) is 43.1 cm³/mol. The van der Waals surface area contributed by atoms with E-state index in [0.717, 1.165) is 10.7 Å². The Morgan fingerprint density at radius 1 is 1.55 bits per heavy atom. The molecule has 0 bridgehead atoms. The van der Waals surface area contributed by atoms with Crippen LogP contribution in [0.15, 0.2) is 17.6 Å². The highest BCUT2D eigenvalue weighted by molar-refractivity contribution is 7.98. The SMILES string of the molecule is CSc1ncc(CC#N)cn1. The van der Waals surface area contributed by atoms with Crippen molar-refractivity contribution in [3.05, 3.63) is 18.0 Å². The summed E-state index contributed by atoms with van der Waals surface area (Å²) in [6.45, 7) is 0. The first kappa shape index (κ1) is 8.02. The predicted octanol–water partition coefficient (Wildman–Crippen LogP) is 1.26. The lowest BCUT2D eigenvalue weighted by atomic mass is 10.3. The van der Waals surface area contributed by atoms with E-state index in [9.17, 15) is 0 Å². The molecule has 0 saturated carbocycles. The molecular formula is C7H7N3S. The van der Waals surface area contributed by atoms with Crippen LogP contribution in [0.3, 0.4) is 0 Å². The molecule has 56 valence electrons. The minimum absolute atomic E-state index is 0.384. The summed E-state index contributed by atoms with van der Waals surface area (Å²) in [4.78, 5) is 8.03. The molecule has 0 aromatic carbocycles. The van der Waals surface area contributed by atoms with Gasteiger partial charge in [-0.05, 0) is 6.26 Å². The first-order valence-corrected chi connectivity index (χ1v) is 4.31. The van der Waals surface area contributed by atoms with Crippen molar-refractivity contribution in [3.8, 4) is 6.07 Å². The number of rotatable bonds is 2. The summed E-state index contributed by atoms with van der Waals surface area (Å²) in [5.41, 5.74) is 0.866. The molecule has 0 amide bonds. The van der Waals surface area contributed by atoms with Crippen LogP contribution in [-0.4, -0.2) is 16.2 Å². The number of nitriles is 1. The van der Waals surface area contributed by atoms with E-state index in [4.69, 9.17) is 5.26 Å². The molecular weight excluding hydrogens is 158 g/mol. The van der Waals surface area contributed by atoms with E-state index in [-0.39, 0.29) is 0 Å². The number of nitrogens with zero attached hydrogens (tertiary/aromatic N) is 3. The third-order valence-corrected chi connectivity index (χ3v) is 1.72. The van der Waals surface area contributed by atoms with Crippen molar-refractivity contribution >= 4 is 11.8 Å². The summed E-state index contributed by atoms with van der Waals surface area (Å²) in [5.74, 6) is 0. The van der Waals surface area contributed by atoms with Crippen molar-refractivity contribution in [2.75, 3.05) is 6.26 Å². The van der Waals surface area contributed by atoms with Gasteiger partial charge < -0.3 is 0 Å². The van der Waals surface area contributed by atoms with Crippen LogP contribution in [0.4, 0.5) is 0 Å². The minimum atomic E-state index is 0.384. The van der Waals surface area contributed by atoms with Gasteiger partial charge in [-0.1, -0.05) is 11.8 Å². The molecule has 4 heteroatoms. The third kappa shape index (κ3) is 2.20. The van der Waals surface area contributed by atoms with Gasteiger partial charge in [0.05, 0.1) is 12.5 Å². The molecule has 0 spiro atoms. The Hall–Kier alpha value is -1.08. The number of thioether (sulfide) groups is 1. The molecule has 0 aliphatic heterocycles. The molecule has 0 aliphatic rings. The van der Waals surface area contributed by atoms with Gasteiger partial charge >= 0.3 is 0 Å². The lowest BCUT2D eigenvalue weighted by Gasteiger charge is -1.94. The quantitative estimate of drug-likeness (QED) is 0.489. The van der Waals surface area contributed by atoms with Crippen LogP contribution in [-0.2, 0) is 6.42 Å². The standard InChI is InChI=1S/C7H7N3S/c1-11-7-9-4-6(2-3-8)5-10-7/h4-5H,2H2,1H3. The van der Waals surface area contributed by atoms with E-state index in [1.54, 1.807) is 12.4 Å². The van der Waals surface area contributed by atoms with Gasteiger partial charge in [0.25, 0.3) is 0 Å². The lowest BCUT2D eigenvalue weighted by Crippen LogP contribution is -1.88. The van der Waals surface area contributed by atoms with Crippen LogP contribution in [0.2, 0.25) is 0 Å². The van der Waals surface area contributed by atoms with Crippen LogP contribution in [0.5, 0.6) is 0 Å². The van der Waals surface area contributed by atoms with Gasteiger partial charge in [-0.3, -0.25) is 0 Å². The van der Waals surface area contributed by atoms with Gasteiger partial charge in [0.15, 0.2) is 5.16 Å². The van der Waals surface area contributed by atoms with Crippen molar-refractivity contribution in [2.45, 2.75) is 11.6 Å². The first-order valence-electron chi connectivity index (χ1n) is 3.08. The average molecular weight is 165 g/mol. The Labute approximate surface area is 69.5 Å². The number of aromatic nitrogens is 2. The Morgan fingerprint density at radius 2 is 2.18 bits per heavy atom. The van der Waals surface area contributed by atoms with Crippen LogP contribution in [0, 0.1) is 11.3 Å². The zero-order chi connectivity index (χ0) is 8.10. The summed E-state index contributed by atoms with van der Waals surface area (Å²) in [5, 5.41) is 9.08. The number of hydrogen-bond acceptors (Lipinski definition) is 4. The maximum Gasteiger partial charge on any atom is 0.187 e. The van der Waals surface area contributed by atoms with E-state index in [1.165, 1.54) is 11.8 Å². The third-order valence-electron chi connectivity index (χ3n) is 1.15. The zero-order valence-corrected chi connectivity index (χ0v) is 6.93. The molecule has 3 nitrogen and oxygen atoms in total. The molecule has 0 unspecified atom stereocenters. The Balaban J connectivity index is 2.76. The van der Waals surface area contributed by atoms with Gasteiger partial charge in [0.1, 0.15) is 0 Å². The maximum absolute atomic E-state index is 8.34. The van der Waals surface area contributed by atoms with Gasteiger partial charge in [-0.2, -0.15) is 5.26 Å². The van der Waals surface area contributed by atoms with Crippen molar-refractivity contribution in [2.24, 2.45) is 0 Å². The smallest absolute Gasteiger partial charge is 0.187 e. The fourth-order valence-electron chi connectivity index (χ4n) is 0.631. The fourth-order valence-corrected chi connectivity index (χ4v) is 0.947. The molecule has 1 rings (SSSR count). The zero-order valence-electron chi connectivity index (χ0n) is 6.11. The second-order valence-corrected chi connectivity index (χ2v) is 2.69. The van der Waals surface area contributed by atoms with Crippen LogP contribution in [0.1, 0.15) is 5.56 Å². The topological polar surface area (TPSA) is 49.6 Å². The minimum Gasteiger partial charge on any atom is -0.231 e. The molecule has 0 aliphatic carbocycles. The van der Waals surface area contributed by atoms with Crippen molar-refractivity contribution in [3.63, 3.8) is 0 Å². The Kier molecular flexibility index (Phi) is 2.87. The lowest BCUT2D eigenvalue weighted by molar-refractivity contribution is 0.942. The van der Waals surface area contributed by atoms with E-state index < -0.39 is 0 Å². The summed E-state index contributed by atoms with van der Waals surface area (Å²) in [6, 6.07) is 2.03. The van der Waals surface area contributed by atoms with Crippen molar-refractivity contribution < 1.29 is 0 Å². The van der Waals surface area contributed by atoms with Gasteiger partial charge in [0.2, 0.25) is 0 Å². The Bertz CT molecular complexity index is 262.